The maximum atomic E-state index is 12.9. The third-order valence-corrected chi connectivity index (χ3v) is 5.31. The van der Waals surface area contributed by atoms with Crippen molar-refractivity contribution in [1.29, 1.82) is 0 Å². The Hall–Kier alpha value is -0.980. The van der Waals surface area contributed by atoms with E-state index in [2.05, 4.69) is 37.7 Å². The molecule has 1 aliphatic rings. The third-order valence-electron chi connectivity index (χ3n) is 3.77. The molecular formula is C15H24FN2O2S+. The highest BCUT2D eigenvalue weighted by Crippen LogP contribution is 2.23. The molecule has 118 valence electrons. The van der Waals surface area contributed by atoms with Crippen LogP contribution in [0, 0.1) is 5.82 Å². The van der Waals surface area contributed by atoms with Crippen molar-refractivity contribution in [2.24, 2.45) is 0 Å². The average Bonchev–Trinajstić information content (AvgIpc) is 2.23. The lowest BCUT2D eigenvalue weighted by atomic mass is 9.80. The predicted octanol–water partition coefficient (Wildman–Crippen LogP) is 1.39. The third kappa shape index (κ3) is 4.25. The Morgan fingerprint density at radius 1 is 1.10 bits per heavy atom. The fourth-order valence-electron chi connectivity index (χ4n) is 3.50. The number of nitrogens with one attached hydrogen (secondary N) is 1. The van der Waals surface area contributed by atoms with Crippen LogP contribution in [-0.2, 0) is 10.0 Å². The number of nitrogens with two attached hydrogens (primary N) is 1. The lowest BCUT2D eigenvalue weighted by molar-refractivity contribution is -0.787. The van der Waals surface area contributed by atoms with E-state index in [1.165, 1.54) is 12.1 Å². The van der Waals surface area contributed by atoms with Gasteiger partial charge in [-0.2, -0.15) is 0 Å². The van der Waals surface area contributed by atoms with E-state index in [9.17, 15) is 12.8 Å². The summed E-state index contributed by atoms with van der Waals surface area (Å²) in [7, 11) is -3.61. The van der Waals surface area contributed by atoms with E-state index in [1.807, 2.05) is 0 Å². The van der Waals surface area contributed by atoms with Crippen LogP contribution in [-0.4, -0.2) is 25.5 Å². The maximum Gasteiger partial charge on any atom is 0.240 e. The van der Waals surface area contributed by atoms with Gasteiger partial charge in [-0.05, 0) is 52.0 Å². The van der Waals surface area contributed by atoms with Crippen LogP contribution in [0.2, 0.25) is 0 Å². The van der Waals surface area contributed by atoms with Crippen molar-refractivity contribution >= 4 is 10.0 Å². The van der Waals surface area contributed by atoms with Crippen LogP contribution in [0.4, 0.5) is 4.39 Å². The largest absolute Gasteiger partial charge is 0.337 e. The van der Waals surface area contributed by atoms with Gasteiger partial charge in [-0.25, -0.2) is 17.5 Å². The molecule has 1 fully saturated rings. The normalized spacial score (nSPS) is 22.1. The molecule has 1 saturated heterocycles. The lowest BCUT2D eigenvalue weighted by Gasteiger charge is -2.43. The molecule has 0 spiro atoms. The topological polar surface area (TPSA) is 62.8 Å². The van der Waals surface area contributed by atoms with Gasteiger partial charge in [0, 0.05) is 18.9 Å². The molecule has 2 rings (SSSR count). The van der Waals surface area contributed by atoms with Crippen LogP contribution in [0.3, 0.4) is 0 Å². The van der Waals surface area contributed by atoms with Gasteiger partial charge in [-0.1, -0.05) is 0 Å². The molecule has 21 heavy (non-hydrogen) atoms. The van der Waals surface area contributed by atoms with E-state index in [1.54, 1.807) is 0 Å². The Morgan fingerprint density at radius 2 is 1.57 bits per heavy atom. The van der Waals surface area contributed by atoms with E-state index in [-0.39, 0.29) is 22.0 Å². The summed E-state index contributed by atoms with van der Waals surface area (Å²) in [5.74, 6) is -0.441. The molecule has 1 aromatic carbocycles. The van der Waals surface area contributed by atoms with Crippen molar-refractivity contribution in [2.45, 2.75) is 62.6 Å². The summed E-state index contributed by atoms with van der Waals surface area (Å²) in [5.41, 5.74) is -0.0323. The molecule has 0 aromatic heterocycles. The number of quaternary nitrogens is 1. The van der Waals surface area contributed by atoms with E-state index >= 15 is 0 Å². The second-order valence-corrected chi connectivity index (χ2v) is 9.02. The number of hydrogen-bond acceptors (Lipinski definition) is 2. The van der Waals surface area contributed by atoms with Crippen molar-refractivity contribution in [3.63, 3.8) is 0 Å². The van der Waals surface area contributed by atoms with Crippen molar-refractivity contribution in [2.75, 3.05) is 0 Å². The zero-order valence-corrected chi connectivity index (χ0v) is 13.8. The van der Waals surface area contributed by atoms with Gasteiger partial charge in [0.1, 0.15) is 5.82 Å². The molecule has 4 nitrogen and oxygen atoms in total. The van der Waals surface area contributed by atoms with Gasteiger partial charge in [-0.3, -0.25) is 0 Å². The zero-order chi connectivity index (χ0) is 15.9. The summed E-state index contributed by atoms with van der Waals surface area (Å²) < 4.78 is 40.5. The van der Waals surface area contributed by atoms with Crippen LogP contribution in [0.1, 0.15) is 40.5 Å². The smallest absolute Gasteiger partial charge is 0.240 e. The fourth-order valence-corrected chi connectivity index (χ4v) is 4.74. The second kappa shape index (κ2) is 5.34. The predicted molar refractivity (Wildman–Crippen MR) is 79.8 cm³/mol. The first kappa shape index (κ1) is 16.4. The maximum absolute atomic E-state index is 12.9. The standard InChI is InChI=1S/C15H23FN2O2S/c1-14(2)9-12(10-15(3,4)18-14)17-21(19,20)13-7-5-11(16)6-8-13/h5-8,12,17-18H,9-10H2,1-4H3/p+1. The molecule has 0 radical (unpaired) electrons. The summed E-state index contributed by atoms with van der Waals surface area (Å²) in [5, 5.41) is 2.29. The van der Waals surface area contributed by atoms with Crippen LogP contribution in [0.15, 0.2) is 29.2 Å². The van der Waals surface area contributed by atoms with Crippen molar-refractivity contribution in [3.05, 3.63) is 30.1 Å². The molecule has 0 saturated carbocycles. The van der Waals surface area contributed by atoms with Crippen molar-refractivity contribution < 1.29 is 18.1 Å². The minimum Gasteiger partial charge on any atom is -0.337 e. The summed E-state index contributed by atoms with van der Waals surface area (Å²) >= 11 is 0. The number of sulfonamides is 1. The Morgan fingerprint density at radius 3 is 2.05 bits per heavy atom. The Kier molecular flexibility index (Phi) is 4.17. The van der Waals surface area contributed by atoms with Gasteiger partial charge in [0.25, 0.3) is 0 Å². The summed E-state index contributed by atoms with van der Waals surface area (Å²) in [6.45, 7) is 8.47. The molecule has 0 atom stereocenters. The SMILES string of the molecule is CC1(C)CC(NS(=O)(=O)c2ccc(F)cc2)CC(C)(C)[NH2+]1. The molecule has 1 heterocycles. The number of halogens is 1. The zero-order valence-electron chi connectivity index (χ0n) is 13.0. The van der Waals surface area contributed by atoms with Gasteiger partial charge >= 0.3 is 0 Å². The summed E-state index contributed by atoms with van der Waals surface area (Å²) in [4.78, 5) is 0.106. The van der Waals surface area contributed by atoms with E-state index in [0.29, 0.717) is 0 Å². The molecule has 1 aliphatic heterocycles. The average molecular weight is 315 g/mol. The van der Waals surface area contributed by atoms with Crippen LogP contribution in [0.25, 0.3) is 0 Å². The number of hydrogen-bond donors (Lipinski definition) is 2. The molecule has 0 amide bonds. The molecular weight excluding hydrogens is 291 g/mol. The first-order valence-corrected chi connectivity index (χ1v) is 8.62. The molecule has 0 unspecified atom stereocenters. The minimum atomic E-state index is -3.61. The van der Waals surface area contributed by atoms with Crippen molar-refractivity contribution in [3.8, 4) is 0 Å². The van der Waals surface area contributed by atoms with Gasteiger partial charge in [-0.15, -0.1) is 0 Å². The van der Waals surface area contributed by atoms with Gasteiger partial charge < -0.3 is 5.32 Å². The minimum absolute atomic E-state index is 0.0161. The number of rotatable bonds is 3. The molecule has 6 heteroatoms. The Balaban J connectivity index is 2.18. The lowest BCUT2D eigenvalue weighted by Crippen LogP contribution is -3.06. The summed E-state index contributed by atoms with van der Waals surface area (Å²) in [6.07, 6.45) is 1.52. The Bertz CT molecular complexity index is 593. The molecule has 3 N–H and O–H groups in total. The van der Waals surface area contributed by atoms with Crippen LogP contribution in [0.5, 0.6) is 0 Å². The number of benzene rings is 1. The first-order chi connectivity index (χ1) is 9.49. The summed E-state index contributed by atoms with van der Waals surface area (Å²) in [6, 6.07) is 4.80. The van der Waals surface area contributed by atoms with Gasteiger partial charge in [0.05, 0.1) is 16.0 Å². The van der Waals surface area contributed by atoms with Crippen LogP contribution < -0.4 is 10.0 Å². The Labute approximate surface area is 126 Å². The van der Waals surface area contributed by atoms with Gasteiger partial charge in [0.15, 0.2) is 0 Å². The number of piperidine rings is 1. The van der Waals surface area contributed by atoms with Crippen molar-refractivity contribution in [1.82, 2.24) is 4.72 Å². The first-order valence-electron chi connectivity index (χ1n) is 7.14. The van der Waals surface area contributed by atoms with Gasteiger partial charge in [0.2, 0.25) is 10.0 Å². The highest BCUT2D eigenvalue weighted by molar-refractivity contribution is 7.89. The monoisotopic (exact) mass is 315 g/mol. The molecule has 0 aliphatic carbocycles. The van der Waals surface area contributed by atoms with E-state index in [0.717, 1.165) is 25.0 Å². The van der Waals surface area contributed by atoms with E-state index in [4.69, 9.17) is 0 Å². The highest BCUT2D eigenvalue weighted by atomic mass is 32.2. The van der Waals surface area contributed by atoms with E-state index < -0.39 is 15.8 Å². The highest BCUT2D eigenvalue weighted by Gasteiger charge is 2.42. The fraction of sp³-hybridized carbons (Fsp3) is 0.600. The quantitative estimate of drug-likeness (QED) is 0.885. The second-order valence-electron chi connectivity index (χ2n) is 7.30. The molecule has 1 aromatic rings. The molecule has 0 bridgehead atoms. The van der Waals surface area contributed by atoms with Crippen LogP contribution >= 0.6 is 0 Å².